The molecular formula is C25H20ClN5O2S. The first-order valence-corrected chi connectivity index (χ1v) is 11.8. The Morgan fingerprint density at radius 2 is 1.50 bits per heavy atom. The third-order valence-corrected chi connectivity index (χ3v) is 6.97. The molecule has 9 heteroatoms. The highest BCUT2D eigenvalue weighted by Crippen LogP contribution is 2.51. The smallest absolute Gasteiger partial charge is 0.292 e. The molecule has 170 valence electrons. The highest BCUT2D eigenvalue weighted by Gasteiger charge is 2.61. The van der Waals surface area contributed by atoms with E-state index in [-0.39, 0.29) is 16.7 Å². The maximum absolute atomic E-state index is 13.1. The molecule has 0 bridgehead atoms. The number of carbonyl (C=O) groups is 2. The van der Waals surface area contributed by atoms with E-state index in [9.17, 15) is 9.59 Å². The van der Waals surface area contributed by atoms with Crippen LogP contribution in [0, 0.1) is 0 Å². The van der Waals surface area contributed by atoms with Gasteiger partial charge in [-0.2, -0.15) is 10.1 Å². The first-order chi connectivity index (χ1) is 16.4. The number of anilines is 2. The average Bonchev–Trinajstić information content (AvgIpc) is 3.40. The summed E-state index contributed by atoms with van der Waals surface area (Å²) in [4.78, 5) is 27.5. The van der Waals surface area contributed by atoms with Crippen LogP contribution in [0.5, 0.6) is 0 Å². The van der Waals surface area contributed by atoms with Crippen LogP contribution in [-0.2, 0) is 9.59 Å². The zero-order valence-electron chi connectivity index (χ0n) is 18.4. The summed E-state index contributed by atoms with van der Waals surface area (Å²) in [7, 11) is 0. The van der Waals surface area contributed by atoms with E-state index in [0.29, 0.717) is 16.5 Å². The Morgan fingerprint density at radius 3 is 2.12 bits per heavy atom. The van der Waals surface area contributed by atoms with E-state index in [1.165, 1.54) is 30.6 Å². The summed E-state index contributed by atoms with van der Waals surface area (Å²) in [5.41, 5.74) is 2.22. The molecule has 1 spiro atoms. The predicted molar refractivity (Wildman–Crippen MR) is 137 cm³/mol. The highest BCUT2D eigenvalue weighted by atomic mass is 35.5. The standard InChI is InChI=1S/C25H20ClN5O2S/c1-17(32)24-28-31(22-15-9-12-20(26)16-22)25(34-24)29(21-13-7-4-8-14-21)23(27-30(25)18(2)33)19-10-5-3-6-11-19/h3-16H,1-2H3/t25-/m1/s1. The van der Waals surface area contributed by atoms with Gasteiger partial charge in [0.05, 0.1) is 5.69 Å². The fourth-order valence-corrected chi connectivity index (χ4v) is 5.43. The number of thioether (sulfide) groups is 1. The van der Waals surface area contributed by atoms with Crippen LogP contribution in [0.15, 0.2) is 95.1 Å². The molecular weight excluding hydrogens is 470 g/mol. The molecule has 0 aromatic heterocycles. The van der Waals surface area contributed by atoms with Gasteiger partial charge in [-0.25, -0.2) is 5.01 Å². The summed E-state index contributed by atoms with van der Waals surface area (Å²) in [6.45, 7) is 2.91. The van der Waals surface area contributed by atoms with Crippen LogP contribution in [0.2, 0.25) is 5.02 Å². The number of benzene rings is 3. The van der Waals surface area contributed by atoms with E-state index in [1.54, 1.807) is 23.2 Å². The van der Waals surface area contributed by atoms with Gasteiger partial charge in [-0.15, -0.1) is 5.10 Å². The van der Waals surface area contributed by atoms with Gasteiger partial charge in [-0.3, -0.25) is 14.5 Å². The monoisotopic (exact) mass is 489 g/mol. The molecule has 3 aromatic carbocycles. The number of hydrogen-bond acceptors (Lipinski definition) is 7. The quantitative estimate of drug-likeness (QED) is 0.507. The fraction of sp³-hybridized carbons (Fsp3) is 0.120. The lowest BCUT2D eigenvalue weighted by Gasteiger charge is -2.44. The summed E-state index contributed by atoms with van der Waals surface area (Å²) >= 11 is 7.50. The molecule has 0 unspecified atom stereocenters. The van der Waals surface area contributed by atoms with Gasteiger partial charge in [0.1, 0.15) is 0 Å². The Bertz CT molecular complexity index is 1330. The molecule has 34 heavy (non-hydrogen) atoms. The molecule has 0 saturated heterocycles. The second kappa shape index (κ2) is 8.62. The van der Waals surface area contributed by atoms with E-state index >= 15 is 0 Å². The second-order valence-electron chi connectivity index (χ2n) is 7.72. The van der Waals surface area contributed by atoms with Crippen molar-refractivity contribution in [1.82, 2.24) is 5.01 Å². The SMILES string of the molecule is CC(=O)C1=NN(c2cccc(Cl)c2)[C@]2(S1)N(C(C)=O)N=C(c1ccccc1)N2c1ccccc1. The summed E-state index contributed by atoms with van der Waals surface area (Å²) in [5.74, 6) is 0.0477. The third-order valence-electron chi connectivity index (χ3n) is 5.37. The van der Waals surface area contributed by atoms with Crippen LogP contribution in [0.1, 0.15) is 19.4 Å². The van der Waals surface area contributed by atoms with E-state index < -0.39 is 5.12 Å². The fourth-order valence-electron chi connectivity index (χ4n) is 3.95. The number of carbonyl (C=O) groups excluding carboxylic acids is 2. The number of nitrogens with zero attached hydrogens (tertiary/aromatic N) is 5. The average molecular weight is 490 g/mol. The van der Waals surface area contributed by atoms with Gasteiger partial charge in [-0.05, 0) is 42.1 Å². The van der Waals surface area contributed by atoms with Crippen LogP contribution in [0.25, 0.3) is 0 Å². The van der Waals surface area contributed by atoms with Gasteiger partial charge in [0.25, 0.3) is 5.12 Å². The lowest BCUT2D eigenvalue weighted by Crippen LogP contribution is -2.63. The number of Topliss-reactive ketones (excluding diaryl/α,β-unsaturated/α-hetero) is 1. The maximum Gasteiger partial charge on any atom is 0.296 e. The molecule has 7 nitrogen and oxygen atoms in total. The number of amides is 1. The van der Waals surface area contributed by atoms with Gasteiger partial charge in [0.2, 0.25) is 5.91 Å². The number of ketones is 1. The zero-order chi connectivity index (χ0) is 23.9. The number of hydrazone groups is 2. The number of para-hydroxylation sites is 1. The number of rotatable bonds is 4. The summed E-state index contributed by atoms with van der Waals surface area (Å²) in [6.07, 6.45) is 0. The van der Waals surface area contributed by atoms with Gasteiger partial charge in [0.15, 0.2) is 16.7 Å². The van der Waals surface area contributed by atoms with E-state index in [4.69, 9.17) is 16.7 Å². The van der Waals surface area contributed by atoms with Gasteiger partial charge >= 0.3 is 0 Å². The van der Waals surface area contributed by atoms with Crippen molar-refractivity contribution in [3.63, 3.8) is 0 Å². The minimum absolute atomic E-state index is 0.210. The minimum Gasteiger partial charge on any atom is -0.292 e. The van der Waals surface area contributed by atoms with Crippen molar-refractivity contribution in [3.8, 4) is 0 Å². The molecule has 0 aliphatic carbocycles. The van der Waals surface area contributed by atoms with Crippen molar-refractivity contribution in [2.24, 2.45) is 10.2 Å². The molecule has 0 radical (unpaired) electrons. The first kappa shape index (κ1) is 22.2. The maximum atomic E-state index is 13.1. The van der Waals surface area contributed by atoms with E-state index in [2.05, 4.69) is 5.10 Å². The van der Waals surface area contributed by atoms with Crippen LogP contribution in [0.3, 0.4) is 0 Å². The predicted octanol–water partition coefficient (Wildman–Crippen LogP) is 5.14. The van der Waals surface area contributed by atoms with Crippen molar-refractivity contribution in [2.45, 2.75) is 19.0 Å². The molecule has 0 saturated carbocycles. The van der Waals surface area contributed by atoms with Crippen LogP contribution >= 0.6 is 23.4 Å². The molecule has 0 N–H and O–H groups in total. The first-order valence-electron chi connectivity index (χ1n) is 10.6. The Labute approximate surface area is 206 Å². The molecule has 5 rings (SSSR count). The van der Waals surface area contributed by atoms with Crippen molar-refractivity contribution in [2.75, 3.05) is 9.91 Å². The van der Waals surface area contributed by atoms with Crippen LogP contribution in [-0.4, -0.2) is 32.7 Å². The van der Waals surface area contributed by atoms with Crippen LogP contribution in [0.4, 0.5) is 11.4 Å². The topological polar surface area (TPSA) is 68.6 Å². The highest BCUT2D eigenvalue weighted by molar-refractivity contribution is 8.17. The van der Waals surface area contributed by atoms with Crippen molar-refractivity contribution >= 4 is 57.3 Å². The minimum atomic E-state index is -1.33. The molecule has 2 heterocycles. The Morgan fingerprint density at radius 1 is 0.853 bits per heavy atom. The molecule has 1 amide bonds. The summed E-state index contributed by atoms with van der Waals surface area (Å²) in [5, 5.41) is 11.9. The van der Waals surface area contributed by atoms with Crippen molar-refractivity contribution < 1.29 is 9.59 Å². The lowest BCUT2D eigenvalue weighted by molar-refractivity contribution is -0.131. The van der Waals surface area contributed by atoms with Crippen LogP contribution < -0.4 is 9.91 Å². The van der Waals surface area contributed by atoms with E-state index in [1.807, 2.05) is 71.6 Å². The normalized spacial score (nSPS) is 19.4. The molecule has 1 atom stereocenters. The zero-order valence-corrected chi connectivity index (χ0v) is 20.0. The Hall–Kier alpha value is -3.62. The van der Waals surface area contributed by atoms with Gasteiger partial charge < -0.3 is 0 Å². The largest absolute Gasteiger partial charge is 0.296 e. The van der Waals surface area contributed by atoms with Gasteiger partial charge in [-0.1, -0.05) is 66.2 Å². The van der Waals surface area contributed by atoms with E-state index in [0.717, 1.165) is 11.3 Å². The number of amidine groups is 1. The summed E-state index contributed by atoms with van der Waals surface area (Å²) in [6, 6.07) is 26.4. The number of halogens is 1. The van der Waals surface area contributed by atoms with Crippen molar-refractivity contribution in [3.05, 3.63) is 95.5 Å². The lowest BCUT2D eigenvalue weighted by atomic mass is 10.1. The third kappa shape index (κ3) is 3.55. The second-order valence-corrected chi connectivity index (χ2v) is 9.30. The summed E-state index contributed by atoms with van der Waals surface area (Å²) < 4.78 is 0. The Balaban J connectivity index is 1.79. The Kier molecular flexibility index (Phi) is 5.63. The molecule has 0 fully saturated rings. The van der Waals surface area contributed by atoms with Crippen molar-refractivity contribution in [1.29, 1.82) is 0 Å². The molecule has 3 aromatic rings. The number of hydrogen-bond donors (Lipinski definition) is 0. The molecule has 2 aliphatic rings. The van der Waals surface area contributed by atoms with Gasteiger partial charge in [0, 0.05) is 30.1 Å². The molecule has 2 aliphatic heterocycles.